The van der Waals surface area contributed by atoms with Gasteiger partial charge in [-0.2, -0.15) is 0 Å². The molecule has 6 N–H and O–H groups in total. The van der Waals surface area contributed by atoms with Crippen LogP contribution in [0.25, 0.3) is 0 Å². The standard InChI is InChI=1S/C16H19N3O4/c17-14(16(20)21)15(19-18)23-13-3-1-2-12(10-13)5-4-11-6-8-22-9-7-11/h1-3,10-11,19H,6-9,17-18H2,(H,20,21)/b15-14+. The molecule has 1 aromatic rings. The number of carboxylic acids is 1. The zero-order chi connectivity index (χ0) is 16.7. The van der Waals surface area contributed by atoms with Crippen molar-refractivity contribution in [3.63, 3.8) is 0 Å². The lowest BCUT2D eigenvalue weighted by Crippen LogP contribution is -2.31. The number of carboxylic acid groups (broad SMARTS) is 1. The molecular weight excluding hydrogens is 298 g/mol. The van der Waals surface area contributed by atoms with Gasteiger partial charge in [-0.25, -0.2) is 10.6 Å². The lowest BCUT2D eigenvalue weighted by atomic mass is 10.0. The number of rotatable bonds is 4. The summed E-state index contributed by atoms with van der Waals surface area (Å²) in [6, 6.07) is 6.96. The SMILES string of the molecule is NN/C(Oc1cccc(C#CC2CCOCC2)c1)=C(\N)C(=O)O. The average molecular weight is 317 g/mol. The molecule has 0 unspecified atom stereocenters. The van der Waals surface area contributed by atoms with E-state index >= 15 is 0 Å². The molecule has 1 saturated heterocycles. The van der Waals surface area contributed by atoms with E-state index in [0.717, 1.165) is 31.6 Å². The third kappa shape index (κ3) is 4.92. The Kier molecular flexibility index (Phi) is 5.86. The van der Waals surface area contributed by atoms with Gasteiger partial charge in [0.2, 0.25) is 5.88 Å². The first kappa shape index (κ1) is 16.7. The van der Waals surface area contributed by atoms with Crippen molar-refractivity contribution in [2.24, 2.45) is 17.5 Å². The zero-order valence-electron chi connectivity index (χ0n) is 12.5. The van der Waals surface area contributed by atoms with Crippen molar-refractivity contribution in [3.8, 4) is 17.6 Å². The van der Waals surface area contributed by atoms with Crippen molar-refractivity contribution >= 4 is 5.97 Å². The molecule has 1 fully saturated rings. The van der Waals surface area contributed by atoms with Crippen LogP contribution < -0.4 is 21.7 Å². The molecule has 0 aromatic heterocycles. The van der Waals surface area contributed by atoms with E-state index in [2.05, 4.69) is 17.3 Å². The number of nitrogens with one attached hydrogen (secondary N) is 1. The summed E-state index contributed by atoms with van der Waals surface area (Å²) in [5, 5.41) is 8.85. The molecular formula is C16H19N3O4. The summed E-state index contributed by atoms with van der Waals surface area (Å²) < 4.78 is 10.7. The average Bonchev–Trinajstić information content (AvgIpc) is 2.58. The van der Waals surface area contributed by atoms with Crippen LogP contribution in [0.2, 0.25) is 0 Å². The van der Waals surface area contributed by atoms with Crippen LogP contribution in [0.1, 0.15) is 18.4 Å². The molecule has 0 aliphatic carbocycles. The van der Waals surface area contributed by atoms with Crippen LogP contribution in [-0.2, 0) is 9.53 Å². The monoisotopic (exact) mass is 317 g/mol. The van der Waals surface area contributed by atoms with Gasteiger partial charge >= 0.3 is 5.97 Å². The summed E-state index contributed by atoms with van der Waals surface area (Å²) in [5.41, 5.74) is 7.78. The van der Waals surface area contributed by atoms with Gasteiger partial charge in [-0.05, 0) is 31.0 Å². The van der Waals surface area contributed by atoms with Crippen LogP contribution in [0.4, 0.5) is 0 Å². The van der Waals surface area contributed by atoms with Gasteiger partial charge in [0.25, 0.3) is 0 Å². The zero-order valence-corrected chi connectivity index (χ0v) is 12.5. The number of hydrazine groups is 1. The summed E-state index contributed by atoms with van der Waals surface area (Å²) in [6.45, 7) is 1.49. The van der Waals surface area contributed by atoms with Gasteiger partial charge in [-0.15, -0.1) is 0 Å². The molecule has 0 amide bonds. The first-order valence-corrected chi connectivity index (χ1v) is 7.17. The Hall–Kier alpha value is -2.69. The van der Waals surface area contributed by atoms with Crippen molar-refractivity contribution in [1.29, 1.82) is 0 Å². The minimum Gasteiger partial charge on any atom is -0.476 e. The predicted molar refractivity (Wildman–Crippen MR) is 83.7 cm³/mol. The van der Waals surface area contributed by atoms with Gasteiger partial charge < -0.3 is 20.3 Å². The van der Waals surface area contributed by atoms with E-state index in [1.807, 2.05) is 6.07 Å². The summed E-state index contributed by atoms with van der Waals surface area (Å²) in [4.78, 5) is 10.8. The van der Waals surface area contributed by atoms with Gasteiger partial charge in [0, 0.05) is 24.7 Å². The molecule has 1 heterocycles. The van der Waals surface area contributed by atoms with Crippen molar-refractivity contribution in [3.05, 3.63) is 41.4 Å². The fourth-order valence-electron chi connectivity index (χ4n) is 2.04. The van der Waals surface area contributed by atoms with Crippen LogP contribution in [-0.4, -0.2) is 24.3 Å². The highest BCUT2D eigenvalue weighted by Gasteiger charge is 2.12. The Balaban J connectivity index is 2.12. The number of nitrogens with two attached hydrogens (primary N) is 2. The predicted octanol–water partition coefficient (Wildman–Crippen LogP) is 0.519. The maximum absolute atomic E-state index is 10.8. The second kappa shape index (κ2) is 8.08. The number of carbonyl (C=O) groups is 1. The van der Waals surface area contributed by atoms with Gasteiger partial charge in [0.15, 0.2) is 5.70 Å². The van der Waals surface area contributed by atoms with E-state index < -0.39 is 11.7 Å². The lowest BCUT2D eigenvalue weighted by molar-refractivity contribution is -0.132. The highest BCUT2D eigenvalue weighted by Crippen LogP contribution is 2.17. The van der Waals surface area contributed by atoms with Crippen LogP contribution in [0.5, 0.6) is 5.75 Å². The Morgan fingerprint density at radius 1 is 1.39 bits per heavy atom. The third-order valence-corrected chi connectivity index (χ3v) is 3.30. The first-order valence-electron chi connectivity index (χ1n) is 7.17. The summed E-state index contributed by atoms with van der Waals surface area (Å²) in [6.07, 6.45) is 1.87. The number of hydrogen-bond acceptors (Lipinski definition) is 6. The summed E-state index contributed by atoms with van der Waals surface area (Å²) >= 11 is 0. The number of hydrogen-bond donors (Lipinski definition) is 4. The Bertz CT molecular complexity index is 655. The lowest BCUT2D eigenvalue weighted by Gasteiger charge is -2.16. The molecule has 1 aliphatic heterocycles. The Morgan fingerprint density at radius 2 is 2.13 bits per heavy atom. The number of benzene rings is 1. The van der Waals surface area contributed by atoms with Crippen molar-refractivity contribution in [1.82, 2.24) is 5.43 Å². The molecule has 2 rings (SSSR count). The van der Waals surface area contributed by atoms with E-state index in [0.29, 0.717) is 11.7 Å². The van der Waals surface area contributed by atoms with Gasteiger partial charge in [-0.1, -0.05) is 17.9 Å². The number of aliphatic carboxylic acids is 1. The molecule has 0 atom stereocenters. The molecule has 0 bridgehead atoms. The van der Waals surface area contributed by atoms with E-state index in [1.54, 1.807) is 18.2 Å². The highest BCUT2D eigenvalue weighted by molar-refractivity contribution is 5.85. The van der Waals surface area contributed by atoms with E-state index in [4.69, 9.17) is 26.2 Å². The van der Waals surface area contributed by atoms with Crippen LogP contribution in [0.3, 0.4) is 0 Å². The maximum Gasteiger partial charge on any atom is 0.357 e. The molecule has 0 radical (unpaired) electrons. The van der Waals surface area contributed by atoms with Crippen LogP contribution in [0.15, 0.2) is 35.8 Å². The van der Waals surface area contributed by atoms with Crippen LogP contribution >= 0.6 is 0 Å². The second-order valence-electron chi connectivity index (χ2n) is 4.98. The second-order valence-corrected chi connectivity index (χ2v) is 4.98. The fraction of sp³-hybridized carbons (Fsp3) is 0.312. The first-order chi connectivity index (χ1) is 11.1. The fourth-order valence-corrected chi connectivity index (χ4v) is 2.04. The minimum atomic E-state index is -1.33. The summed E-state index contributed by atoms with van der Waals surface area (Å²) in [5.74, 6) is 10.7. The molecule has 0 saturated carbocycles. The molecule has 23 heavy (non-hydrogen) atoms. The molecule has 122 valence electrons. The van der Waals surface area contributed by atoms with Crippen LogP contribution in [0, 0.1) is 17.8 Å². The Labute approximate surface area is 134 Å². The van der Waals surface area contributed by atoms with E-state index in [-0.39, 0.29) is 5.88 Å². The van der Waals surface area contributed by atoms with Crippen molar-refractivity contribution in [2.45, 2.75) is 12.8 Å². The third-order valence-electron chi connectivity index (χ3n) is 3.30. The van der Waals surface area contributed by atoms with Gasteiger partial charge in [0.1, 0.15) is 5.75 Å². The largest absolute Gasteiger partial charge is 0.476 e. The number of ether oxygens (including phenoxy) is 2. The maximum atomic E-state index is 10.8. The minimum absolute atomic E-state index is 0.230. The van der Waals surface area contributed by atoms with Gasteiger partial charge in [-0.3, -0.25) is 5.43 Å². The molecule has 0 spiro atoms. The van der Waals surface area contributed by atoms with E-state index in [9.17, 15) is 4.79 Å². The van der Waals surface area contributed by atoms with Gasteiger partial charge in [0.05, 0.1) is 0 Å². The quantitative estimate of drug-likeness (QED) is 0.210. The normalized spacial score (nSPS) is 15.9. The molecule has 1 aromatic carbocycles. The molecule has 7 nitrogen and oxygen atoms in total. The topological polar surface area (TPSA) is 120 Å². The van der Waals surface area contributed by atoms with Crippen molar-refractivity contribution in [2.75, 3.05) is 13.2 Å². The van der Waals surface area contributed by atoms with E-state index in [1.165, 1.54) is 0 Å². The van der Waals surface area contributed by atoms with Crippen molar-refractivity contribution < 1.29 is 19.4 Å². The molecule has 1 aliphatic rings. The smallest absolute Gasteiger partial charge is 0.357 e. The summed E-state index contributed by atoms with van der Waals surface area (Å²) in [7, 11) is 0. The Morgan fingerprint density at radius 3 is 2.78 bits per heavy atom. The highest BCUT2D eigenvalue weighted by atomic mass is 16.5. The molecule has 7 heteroatoms.